The number of nitrogens with zero attached hydrogens (tertiary/aromatic N) is 3. The fourth-order valence-electron chi connectivity index (χ4n) is 3.87. The van der Waals surface area contributed by atoms with E-state index in [0.717, 1.165) is 27.3 Å². The molecule has 0 atom stereocenters. The quantitative estimate of drug-likeness (QED) is 0.640. The number of fused-ring (bicyclic) bond motifs is 3. The lowest BCUT2D eigenvalue weighted by molar-refractivity contribution is 0.0298. The molecular formula is C22H20FN3O2S. The molecule has 2 aliphatic rings. The van der Waals surface area contributed by atoms with E-state index in [2.05, 4.69) is 6.07 Å². The SMILES string of the molecule is Cc1ccc(F)cc1-n1nc(C(=O)N2CCOCC2)c2c1-c1ccccc1SC2. The van der Waals surface area contributed by atoms with Gasteiger partial charge in [-0.2, -0.15) is 5.10 Å². The van der Waals surface area contributed by atoms with Crippen LogP contribution in [0.4, 0.5) is 4.39 Å². The maximum Gasteiger partial charge on any atom is 0.274 e. The number of hydrogen-bond acceptors (Lipinski definition) is 4. The molecule has 5 nitrogen and oxygen atoms in total. The molecule has 5 rings (SSSR count). The van der Waals surface area contributed by atoms with Crippen molar-refractivity contribution in [2.24, 2.45) is 0 Å². The van der Waals surface area contributed by atoms with Crippen LogP contribution in [-0.2, 0) is 10.5 Å². The first-order valence-corrected chi connectivity index (χ1v) is 10.6. The maximum absolute atomic E-state index is 14.1. The third-order valence-corrected chi connectivity index (χ3v) is 6.50. The van der Waals surface area contributed by atoms with Crippen molar-refractivity contribution >= 4 is 17.7 Å². The number of carbonyl (C=O) groups excluding carboxylic acids is 1. The molecule has 1 amide bonds. The number of aryl methyl sites for hydroxylation is 1. The second kappa shape index (κ2) is 7.31. The first-order valence-electron chi connectivity index (χ1n) is 9.61. The lowest BCUT2D eigenvalue weighted by atomic mass is 10.0. The van der Waals surface area contributed by atoms with E-state index in [1.807, 2.05) is 25.1 Å². The molecule has 3 heterocycles. The van der Waals surface area contributed by atoms with Crippen LogP contribution in [0.15, 0.2) is 47.4 Å². The Balaban J connectivity index is 1.72. The van der Waals surface area contributed by atoms with E-state index in [9.17, 15) is 9.18 Å². The largest absolute Gasteiger partial charge is 0.378 e. The Morgan fingerprint density at radius 1 is 1.17 bits per heavy atom. The molecule has 2 aromatic carbocycles. The molecule has 1 aromatic heterocycles. The summed E-state index contributed by atoms with van der Waals surface area (Å²) in [6.45, 7) is 4.12. The number of aromatic nitrogens is 2. The Morgan fingerprint density at radius 3 is 2.79 bits per heavy atom. The summed E-state index contributed by atoms with van der Waals surface area (Å²) in [7, 11) is 0. The minimum Gasteiger partial charge on any atom is -0.378 e. The highest BCUT2D eigenvalue weighted by atomic mass is 32.2. The number of ether oxygens (including phenoxy) is 1. The predicted octanol–water partition coefficient (Wildman–Crippen LogP) is 4.06. The van der Waals surface area contributed by atoms with Crippen LogP contribution in [0.2, 0.25) is 0 Å². The zero-order valence-electron chi connectivity index (χ0n) is 16.0. The van der Waals surface area contributed by atoms with Crippen molar-refractivity contribution in [1.82, 2.24) is 14.7 Å². The van der Waals surface area contributed by atoms with Gasteiger partial charge in [0.2, 0.25) is 0 Å². The van der Waals surface area contributed by atoms with Crippen molar-refractivity contribution in [1.29, 1.82) is 0 Å². The molecule has 29 heavy (non-hydrogen) atoms. The minimum atomic E-state index is -0.325. The van der Waals surface area contributed by atoms with E-state index in [0.29, 0.717) is 43.4 Å². The summed E-state index contributed by atoms with van der Waals surface area (Å²) in [6, 6.07) is 12.8. The fourth-order valence-corrected chi connectivity index (χ4v) is 4.94. The number of morpholine rings is 1. The van der Waals surface area contributed by atoms with Crippen molar-refractivity contribution in [3.8, 4) is 16.9 Å². The summed E-state index contributed by atoms with van der Waals surface area (Å²) >= 11 is 1.70. The fraction of sp³-hybridized carbons (Fsp3) is 0.273. The van der Waals surface area contributed by atoms with Gasteiger partial charge in [0, 0.05) is 34.9 Å². The smallest absolute Gasteiger partial charge is 0.274 e. The molecule has 0 saturated carbocycles. The molecule has 1 saturated heterocycles. The van der Waals surface area contributed by atoms with Crippen LogP contribution in [0.3, 0.4) is 0 Å². The first-order chi connectivity index (χ1) is 14.1. The van der Waals surface area contributed by atoms with E-state index >= 15 is 0 Å². The van der Waals surface area contributed by atoms with Gasteiger partial charge in [-0.3, -0.25) is 4.79 Å². The number of carbonyl (C=O) groups is 1. The Morgan fingerprint density at radius 2 is 1.97 bits per heavy atom. The highest BCUT2D eigenvalue weighted by Crippen LogP contribution is 2.44. The van der Waals surface area contributed by atoms with E-state index in [1.54, 1.807) is 27.4 Å². The Labute approximate surface area is 172 Å². The zero-order valence-corrected chi connectivity index (χ0v) is 16.8. The molecule has 0 unspecified atom stereocenters. The zero-order chi connectivity index (χ0) is 20.0. The van der Waals surface area contributed by atoms with Crippen LogP contribution in [0.5, 0.6) is 0 Å². The number of amides is 1. The Hall–Kier alpha value is -2.64. The third kappa shape index (κ3) is 3.14. The lowest BCUT2D eigenvalue weighted by Crippen LogP contribution is -2.41. The third-order valence-electron chi connectivity index (χ3n) is 5.40. The van der Waals surface area contributed by atoms with Gasteiger partial charge in [0.15, 0.2) is 5.69 Å². The molecule has 148 valence electrons. The van der Waals surface area contributed by atoms with Crippen LogP contribution >= 0.6 is 11.8 Å². The average molecular weight is 409 g/mol. The van der Waals surface area contributed by atoms with Gasteiger partial charge in [-0.05, 0) is 30.7 Å². The predicted molar refractivity (Wildman–Crippen MR) is 110 cm³/mol. The van der Waals surface area contributed by atoms with E-state index in [4.69, 9.17) is 9.84 Å². The highest BCUT2D eigenvalue weighted by molar-refractivity contribution is 7.98. The molecule has 7 heteroatoms. The standard InChI is InChI=1S/C22H20FN3O2S/c1-14-6-7-15(23)12-18(14)26-21-16-4-2-3-5-19(16)29-13-17(21)20(24-26)22(27)25-8-10-28-11-9-25/h2-7,12H,8-11,13H2,1H3. The molecule has 2 aliphatic heterocycles. The summed E-state index contributed by atoms with van der Waals surface area (Å²) in [5.41, 5.74) is 4.82. The van der Waals surface area contributed by atoms with Crippen LogP contribution in [-0.4, -0.2) is 46.9 Å². The molecule has 0 radical (unpaired) electrons. The number of hydrogen-bond donors (Lipinski definition) is 0. The normalized spacial score (nSPS) is 15.7. The molecule has 0 N–H and O–H groups in total. The van der Waals surface area contributed by atoms with Gasteiger partial charge in [-0.15, -0.1) is 11.8 Å². The maximum atomic E-state index is 14.1. The van der Waals surface area contributed by atoms with Gasteiger partial charge in [-0.1, -0.05) is 24.3 Å². The number of thioether (sulfide) groups is 1. The Kier molecular flexibility index (Phi) is 4.64. The molecule has 0 aliphatic carbocycles. The first kappa shape index (κ1) is 18.4. The van der Waals surface area contributed by atoms with Gasteiger partial charge in [-0.25, -0.2) is 9.07 Å². The van der Waals surface area contributed by atoms with Crippen LogP contribution in [0.25, 0.3) is 16.9 Å². The van der Waals surface area contributed by atoms with Crippen LogP contribution in [0.1, 0.15) is 21.6 Å². The monoisotopic (exact) mass is 409 g/mol. The van der Waals surface area contributed by atoms with Gasteiger partial charge >= 0.3 is 0 Å². The lowest BCUT2D eigenvalue weighted by Gasteiger charge is -2.26. The van der Waals surface area contributed by atoms with Crippen molar-refractivity contribution in [3.63, 3.8) is 0 Å². The van der Waals surface area contributed by atoms with Crippen LogP contribution < -0.4 is 0 Å². The van der Waals surface area contributed by atoms with E-state index in [1.165, 1.54) is 12.1 Å². The van der Waals surface area contributed by atoms with Gasteiger partial charge in [0.1, 0.15) is 5.82 Å². The topological polar surface area (TPSA) is 47.4 Å². The average Bonchev–Trinajstić information content (AvgIpc) is 3.15. The molecular weight excluding hydrogens is 389 g/mol. The Bertz CT molecular complexity index is 1110. The van der Waals surface area contributed by atoms with Crippen molar-refractivity contribution in [2.75, 3.05) is 26.3 Å². The van der Waals surface area contributed by atoms with E-state index in [-0.39, 0.29) is 11.7 Å². The number of halogens is 1. The summed E-state index contributed by atoms with van der Waals surface area (Å²) in [5.74, 6) is 0.248. The highest BCUT2D eigenvalue weighted by Gasteiger charge is 2.32. The molecule has 1 fully saturated rings. The van der Waals surface area contributed by atoms with Crippen molar-refractivity contribution in [3.05, 3.63) is 65.1 Å². The summed E-state index contributed by atoms with van der Waals surface area (Å²) in [5, 5.41) is 4.74. The number of rotatable bonds is 2. The second-order valence-corrected chi connectivity index (χ2v) is 8.22. The summed E-state index contributed by atoms with van der Waals surface area (Å²) in [4.78, 5) is 16.2. The molecule has 0 bridgehead atoms. The van der Waals surface area contributed by atoms with Gasteiger partial charge < -0.3 is 9.64 Å². The molecule has 0 spiro atoms. The van der Waals surface area contributed by atoms with E-state index < -0.39 is 0 Å². The van der Waals surface area contributed by atoms with Gasteiger partial charge in [0.05, 0.1) is 24.6 Å². The van der Waals surface area contributed by atoms with Crippen molar-refractivity contribution < 1.29 is 13.9 Å². The minimum absolute atomic E-state index is 0.0858. The summed E-state index contributed by atoms with van der Waals surface area (Å²) in [6.07, 6.45) is 0. The number of benzene rings is 2. The molecule has 3 aromatic rings. The summed E-state index contributed by atoms with van der Waals surface area (Å²) < 4.78 is 21.2. The second-order valence-electron chi connectivity index (χ2n) is 7.21. The van der Waals surface area contributed by atoms with Crippen molar-refractivity contribution in [2.45, 2.75) is 17.6 Å². The van der Waals surface area contributed by atoms with Gasteiger partial charge in [0.25, 0.3) is 5.91 Å². The van der Waals surface area contributed by atoms with Crippen LogP contribution in [0, 0.1) is 12.7 Å².